The van der Waals surface area contributed by atoms with E-state index in [2.05, 4.69) is 30.6 Å². The highest BCUT2D eigenvalue weighted by molar-refractivity contribution is 5.90. The van der Waals surface area contributed by atoms with Crippen LogP contribution in [0.1, 0.15) is 23.4 Å². The molecule has 2 N–H and O–H groups in total. The number of aromatic nitrogens is 6. The first-order valence-corrected chi connectivity index (χ1v) is 8.17. The lowest BCUT2D eigenvalue weighted by Gasteiger charge is -2.10. The molecule has 0 aromatic carbocycles. The number of carbonyl (C=O) groups excluding carboxylic acids is 1. The van der Waals surface area contributed by atoms with Crippen molar-refractivity contribution in [2.45, 2.75) is 26.7 Å². The summed E-state index contributed by atoms with van der Waals surface area (Å²) in [6, 6.07) is 5.34. The van der Waals surface area contributed by atoms with Gasteiger partial charge in [0.05, 0.1) is 6.26 Å². The fourth-order valence-electron chi connectivity index (χ4n) is 2.90. The van der Waals surface area contributed by atoms with Gasteiger partial charge >= 0.3 is 0 Å². The Morgan fingerprint density at radius 3 is 3.08 bits per heavy atom. The Labute approximate surface area is 148 Å². The molecule has 1 amide bonds. The van der Waals surface area contributed by atoms with Crippen LogP contribution in [0, 0.1) is 13.8 Å². The Hall–Kier alpha value is -3.49. The van der Waals surface area contributed by atoms with E-state index in [4.69, 9.17) is 4.42 Å². The van der Waals surface area contributed by atoms with Crippen LogP contribution < -0.4 is 5.32 Å². The van der Waals surface area contributed by atoms with Gasteiger partial charge in [-0.2, -0.15) is 15.2 Å². The zero-order chi connectivity index (χ0) is 18.1. The first-order valence-electron chi connectivity index (χ1n) is 8.17. The molecule has 0 aliphatic carbocycles. The first-order chi connectivity index (χ1) is 12.6. The van der Waals surface area contributed by atoms with Gasteiger partial charge < -0.3 is 9.73 Å². The first kappa shape index (κ1) is 16.0. The van der Waals surface area contributed by atoms with Crippen LogP contribution in [0.25, 0.3) is 17.2 Å². The van der Waals surface area contributed by atoms with Crippen LogP contribution in [0.2, 0.25) is 0 Å². The van der Waals surface area contributed by atoms with Gasteiger partial charge in [-0.15, -0.1) is 0 Å². The van der Waals surface area contributed by atoms with Crippen molar-refractivity contribution in [2.24, 2.45) is 0 Å². The predicted molar refractivity (Wildman–Crippen MR) is 93.5 cm³/mol. The SMILES string of the molecule is Cc1nc2ncnn2c(C)c1CCC(=O)Nc1cc(-c2ccco2)[nH]n1. The summed E-state index contributed by atoms with van der Waals surface area (Å²) < 4.78 is 6.98. The predicted octanol–water partition coefficient (Wildman–Crippen LogP) is 2.30. The number of fused-ring (bicyclic) bond motifs is 1. The minimum Gasteiger partial charge on any atom is -0.463 e. The molecule has 4 rings (SSSR count). The average molecular weight is 351 g/mol. The van der Waals surface area contributed by atoms with Gasteiger partial charge in [0.1, 0.15) is 12.0 Å². The van der Waals surface area contributed by atoms with Crippen LogP contribution >= 0.6 is 0 Å². The van der Waals surface area contributed by atoms with Gasteiger partial charge in [-0.05, 0) is 38.0 Å². The summed E-state index contributed by atoms with van der Waals surface area (Å²) in [7, 11) is 0. The zero-order valence-corrected chi connectivity index (χ0v) is 14.4. The van der Waals surface area contributed by atoms with E-state index in [0.29, 0.717) is 35.9 Å². The summed E-state index contributed by atoms with van der Waals surface area (Å²) in [4.78, 5) is 20.8. The molecule has 0 aliphatic rings. The maximum Gasteiger partial charge on any atom is 0.252 e. The number of rotatable bonds is 5. The van der Waals surface area contributed by atoms with Gasteiger partial charge in [0.2, 0.25) is 5.91 Å². The van der Waals surface area contributed by atoms with E-state index in [9.17, 15) is 4.79 Å². The number of nitrogens with one attached hydrogen (secondary N) is 2. The average Bonchev–Trinajstić information content (AvgIpc) is 3.35. The van der Waals surface area contributed by atoms with Crippen LogP contribution in [0.5, 0.6) is 0 Å². The van der Waals surface area contributed by atoms with Crippen molar-refractivity contribution in [3.8, 4) is 11.5 Å². The molecule has 0 radical (unpaired) electrons. The fourth-order valence-corrected chi connectivity index (χ4v) is 2.90. The number of hydrogen-bond donors (Lipinski definition) is 2. The van der Waals surface area contributed by atoms with Gasteiger partial charge in [0.15, 0.2) is 11.6 Å². The quantitative estimate of drug-likeness (QED) is 0.570. The maximum atomic E-state index is 12.3. The Balaban J connectivity index is 1.43. The van der Waals surface area contributed by atoms with Crippen molar-refractivity contribution in [3.63, 3.8) is 0 Å². The smallest absolute Gasteiger partial charge is 0.252 e. The maximum absolute atomic E-state index is 12.3. The highest BCUT2D eigenvalue weighted by atomic mass is 16.3. The van der Waals surface area contributed by atoms with E-state index in [-0.39, 0.29) is 5.91 Å². The Bertz CT molecular complexity index is 1060. The van der Waals surface area contributed by atoms with Gasteiger partial charge in [-0.3, -0.25) is 9.89 Å². The normalized spacial score (nSPS) is 11.2. The number of carbonyl (C=O) groups is 1. The molecule has 0 aliphatic heterocycles. The van der Waals surface area contributed by atoms with Gasteiger partial charge in [-0.25, -0.2) is 9.50 Å². The summed E-state index contributed by atoms with van der Waals surface area (Å²) in [6.07, 6.45) is 3.92. The van der Waals surface area contributed by atoms with Gasteiger partial charge in [0.25, 0.3) is 5.78 Å². The molecule has 0 unspecified atom stereocenters. The fraction of sp³-hybridized carbons (Fsp3) is 0.235. The van der Waals surface area contributed by atoms with Crippen molar-refractivity contribution in [1.82, 2.24) is 29.8 Å². The van der Waals surface area contributed by atoms with Crippen molar-refractivity contribution in [2.75, 3.05) is 5.32 Å². The number of aromatic amines is 1. The number of anilines is 1. The standard InChI is InChI=1S/C17H17N7O2/c1-10-12(11(2)24-17(20-10)18-9-19-24)5-6-16(25)21-15-8-13(22-23-15)14-4-3-7-26-14/h3-4,7-9H,5-6H2,1-2H3,(H2,21,22,23,25). The molecule has 4 heterocycles. The van der Waals surface area contributed by atoms with E-state index >= 15 is 0 Å². The Kier molecular flexibility index (Phi) is 3.96. The third-order valence-electron chi connectivity index (χ3n) is 4.22. The number of furan rings is 1. The highest BCUT2D eigenvalue weighted by Crippen LogP contribution is 2.20. The van der Waals surface area contributed by atoms with Gasteiger partial charge in [0, 0.05) is 23.9 Å². The molecule has 0 saturated carbocycles. The van der Waals surface area contributed by atoms with Crippen molar-refractivity contribution < 1.29 is 9.21 Å². The molecule has 4 aromatic heterocycles. The van der Waals surface area contributed by atoms with E-state index in [1.54, 1.807) is 22.9 Å². The Morgan fingerprint density at radius 2 is 2.27 bits per heavy atom. The lowest BCUT2D eigenvalue weighted by Crippen LogP contribution is -2.14. The van der Waals surface area contributed by atoms with Crippen LogP contribution in [-0.4, -0.2) is 35.7 Å². The second kappa shape index (κ2) is 6.43. The number of amides is 1. The molecule has 0 atom stereocenters. The van der Waals surface area contributed by atoms with Gasteiger partial charge in [-0.1, -0.05) is 0 Å². The van der Waals surface area contributed by atoms with Crippen LogP contribution in [0.3, 0.4) is 0 Å². The third kappa shape index (κ3) is 2.94. The molecule has 9 nitrogen and oxygen atoms in total. The molecule has 9 heteroatoms. The lowest BCUT2D eigenvalue weighted by atomic mass is 10.1. The number of hydrogen-bond acceptors (Lipinski definition) is 6. The Morgan fingerprint density at radius 1 is 1.38 bits per heavy atom. The molecule has 4 aromatic rings. The molecular formula is C17H17N7O2. The van der Waals surface area contributed by atoms with Crippen molar-refractivity contribution in [1.29, 1.82) is 0 Å². The van der Waals surface area contributed by atoms with Crippen LogP contribution in [0.4, 0.5) is 5.82 Å². The lowest BCUT2D eigenvalue weighted by molar-refractivity contribution is -0.116. The summed E-state index contributed by atoms with van der Waals surface area (Å²) in [5.74, 6) is 1.56. The second-order valence-corrected chi connectivity index (χ2v) is 5.93. The summed E-state index contributed by atoms with van der Waals surface area (Å²) >= 11 is 0. The third-order valence-corrected chi connectivity index (χ3v) is 4.22. The topological polar surface area (TPSA) is 114 Å². The van der Waals surface area contributed by atoms with Crippen molar-refractivity contribution in [3.05, 3.63) is 47.7 Å². The number of nitrogens with zero attached hydrogens (tertiary/aromatic N) is 5. The molecular weight excluding hydrogens is 334 g/mol. The summed E-state index contributed by atoms with van der Waals surface area (Å²) in [5.41, 5.74) is 3.50. The molecule has 0 bridgehead atoms. The molecule has 0 spiro atoms. The van der Waals surface area contributed by atoms with E-state index in [1.165, 1.54) is 6.33 Å². The van der Waals surface area contributed by atoms with E-state index < -0.39 is 0 Å². The summed E-state index contributed by atoms with van der Waals surface area (Å²) in [6.45, 7) is 3.87. The monoisotopic (exact) mass is 351 g/mol. The van der Waals surface area contributed by atoms with E-state index in [1.807, 2.05) is 19.9 Å². The minimum absolute atomic E-state index is 0.125. The number of H-pyrrole nitrogens is 1. The summed E-state index contributed by atoms with van der Waals surface area (Å²) in [5, 5.41) is 13.9. The van der Waals surface area contributed by atoms with E-state index in [0.717, 1.165) is 17.0 Å². The largest absolute Gasteiger partial charge is 0.463 e. The van der Waals surface area contributed by atoms with Crippen LogP contribution in [-0.2, 0) is 11.2 Å². The van der Waals surface area contributed by atoms with Crippen molar-refractivity contribution >= 4 is 17.5 Å². The molecule has 26 heavy (non-hydrogen) atoms. The van der Waals surface area contributed by atoms with Crippen LogP contribution in [0.15, 0.2) is 35.2 Å². The highest BCUT2D eigenvalue weighted by Gasteiger charge is 2.14. The number of aryl methyl sites for hydroxylation is 2. The molecule has 132 valence electrons. The molecule has 0 fully saturated rings. The molecule has 0 saturated heterocycles. The zero-order valence-electron chi connectivity index (χ0n) is 14.4. The minimum atomic E-state index is -0.125. The second-order valence-electron chi connectivity index (χ2n) is 5.93.